The summed E-state index contributed by atoms with van der Waals surface area (Å²) in [5.74, 6) is 0.487. The lowest BCUT2D eigenvalue weighted by molar-refractivity contribution is -0.126. The summed E-state index contributed by atoms with van der Waals surface area (Å²) in [6.45, 7) is 4.87. The number of nitrogens with one attached hydrogen (secondary N) is 1. The summed E-state index contributed by atoms with van der Waals surface area (Å²) in [5, 5.41) is 11.7. The average Bonchev–Trinajstić information content (AvgIpc) is 2.33. The molecular weight excluding hydrogens is 220 g/mol. The van der Waals surface area contributed by atoms with Gasteiger partial charge in [-0.3, -0.25) is 4.79 Å². The Labute approximate surface area is 99.7 Å². The van der Waals surface area contributed by atoms with Gasteiger partial charge in [-0.25, -0.2) is 9.97 Å². The topological polar surface area (TPSA) is 78.4 Å². The predicted octanol–water partition coefficient (Wildman–Crippen LogP) is -0.316. The number of carbonyl (C=O) groups excluding carboxylic acids is 1. The molecule has 0 unspecified atom stereocenters. The van der Waals surface area contributed by atoms with Crippen LogP contribution in [0.5, 0.6) is 0 Å². The molecule has 17 heavy (non-hydrogen) atoms. The van der Waals surface area contributed by atoms with Gasteiger partial charge in [-0.2, -0.15) is 0 Å². The minimum absolute atomic E-state index is 0.0291. The number of anilines is 1. The fourth-order valence-electron chi connectivity index (χ4n) is 1.82. The lowest BCUT2D eigenvalue weighted by Gasteiger charge is -2.41. The van der Waals surface area contributed by atoms with Crippen LogP contribution in [-0.4, -0.2) is 39.6 Å². The molecule has 2 rings (SSSR count). The van der Waals surface area contributed by atoms with E-state index >= 15 is 0 Å². The molecule has 0 radical (unpaired) electrons. The molecule has 0 aromatic carbocycles. The number of amides is 1. The first-order chi connectivity index (χ1) is 8.05. The van der Waals surface area contributed by atoms with Crippen molar-refractivity contribution in [3.8, 4) is 0 Å². The molecule has 1 amide bonds. The maximum atomic E-state index is 11.8. The summed E-state index contributed by atoms with van der Waals surface area (Å²) < 4.78 is 0. The van der Waals surface area contributed by atoms with Crippen LogP contribution in [0, 0.1) is 0 Å². The second-order valence-electron chi connectivity index (χ2n) is 4.52. The molecule has 2 heterocycles. The average molecular weight is 236 g/mol. The minimum atomic E-state index is -0.654. The highest BCUT2D eigenvalue weighted by atomic mass is 16.3. The van der Waals surface area contributed by atoms with Crippen LogP contribution in [-0.2, 0) is 11.4 Å². The van der Waals surface area contributed by atoms with Gasteiger partial charge in [-0.05, 0) is 13.8 Å². The molecule has 0 spiro atoms. The van der Waals surface area contributed by atoms with Crippen LogP contribution in [0.3, 0.4) is 0 Å². The van der Waals surface area contributed by atoms with Gasteiger partial charge in [0.2, 0.25) is 11.9 Å². The molecule has 92 valence electrons. The van der Waals surface area contributed by atoms with Gasteiger partial charge in [0.15, 0.2) is 0 Å². The Kier molecular flexibility index (Phi) is 2.97. The molecule has 2 N–H and O–H groups in total. The standard InChI is InChI=1S/C11H16N4O2/c1-11(2)9(17)12-3-4-15(11)10-13-5-8(7-16)6-14-10/h5-6,16H,3-4,7H2,1-2H3,(H,12,17). The first-order valence-corrected chi connectivity index (χ1v) is 5.53. The number of rotatable bonds is 2. The minimum Gasteiger partial charge on any atom is -0.392 e. The van der Waals surface area contributed by atoms with Crippen molar-refractivity contribution in [1.82, 2.24) is 15.3 Å². The second kappa shape index (κ2) is 4.29. The number of carbonyl (C=O) groups is 1. The van der Waals surface area contributed by atoms with Crippen molar-refractivity contribution in [3.05, 3.63) is 18.0 Å². The molecule has 1 aliphatic rings. The molecule has 0 saturated carbocycles. The Bertz CT molecular complexity index is 416. The molecule has 0 bridgehead atoms. The SMILES string of the molecule is CC1(C)C(=O)NCCN1c1ncc(CO)cn1. The smallest absolute Gasteiger partial charge is 0.245 e. The number of aliphatic hydroxyl groups is 1. The van der Waals surface area contributed by atoms with Crippen LogP contribution < -0.4 is 10.2 Å². The summed E-state index contributed by atoms with van der Waals surface area (Å²) in [6, 6.07) is 0. The Hall–Kier alpha value is -1.69. The maximum Gasteiger partial charge on any atom is 0.245 e. The summed E-state index contributed by atoms with van der Waals surface area (Å²) in [5.41, 5.74) is 0.00641. The first-order valence-electron chi connectivity index (χ1n) is 5.53. The van der Waals surface area contributed by atoms with E-state index in [1.54, 1.807) is 12.4 Å². The fraction of sp³-hybridized carbons (Fsp3) is 0.545. The zero-order valence-electron chi connectivity index (χ0n) is 9.97. The van der Waals surface area contributed by atoms with E-state index < -0.39 is 5.54 Å². The van der Waals surface area contributed by atoms with E-state index in [4.69, 9.17) is 5.11 Å². The van der Waals surface area contributed by atoms with Gasteiger partial charge in [0.05, 0.1) is 6.61 Å². The monoisotopic (exact) mass is 236 g/mol. The third kappa shape index (κ3) is 2.08. The van der Waals surface area contributed by atoms with Gasteiger partial charge in [0, 0.05) is 31.0 Å². The molecule has 0 atom stereocenters. The van der Waals surface area contributed by atoms with E-state index in [2.05, 4.69) is 15.3 Å². The lowest BCUT2D eigenvalue weighted by Crippen LogP contribution is -2.62. The van der Waals surface area contributed by atoms with Gasteiger partial charge in [0.25, 0.3) is 0 Å². The van der Waals surface area contributed by atoms with Crippen molar-refractivity contribution in [1.29, 1.82) is 0 Å². The Morgan fingerprint density at radius 3 is 2.71 bits per heavy atom. The highest BCUT2D eigenvalue weighted by Gasteiger charge is 2.38. The van der Waals surface area contributed by atoms with Gasteiger partial charge in [0.1, 0.15) is 5.54 Å². The van der Waals surface area contributed by atoms with E-state index in [9.17, 15) is 4.79 Å². The fourth-order valence-corrected chi connectivity index (χ4v) is 1.82. The van der Waals surface area contributed by atoms with Crippen molar-refractivity contribution >= 4 is 11.9 Å². The van der Waals surface area contributed by atoms with E-state index in [-0.39, 0.29) is 12.5 Å². The number of piperazine rings is 1. The number of aromatic nitrogens is 2. The van der Waals surface area contributed by atoms with Gasteiger partial charge in [-0.15, -0.1) is 0 Å². The summed E-state index contributed by atoms with van der Waals surface area (Å²) >= 11 is 0. The summed E-state index contributed by atoms with van der Waals surface area (Å²) in [4.78, 5) is 22.0. The number of hydrogen-bond acceptors (Lipinski definition) is 5. The zero-order chi connectivity index (χ0) is 12.5. The van der Waals surface area contributed by atoms with Crippen molar-refractivity contribution in [2.24, 2.45) is 0 Å². The highest BCUT2D eigenvalue weighted by molar-refractivity contribution is 5.89. The number of aliphatic hydroxyl groups excluding tert-OH is 1. The number of nitrogens with zero attached hydrogens (tertiary/aromatic N) is 3. The Morgan fingerprint density at radius 2 is 2.12 bits per heavy atom. The van der Waals surface area contributed by atoms with Gasteiger partial charge >= 0.3 is 0 Å². The summed E-state index contributed by atoms with van der Waals surface area (Å²) in [6.07, 6.45) is 3.15. The van der Waals surface area contributed by atoms with E-state index in [0.717, 1.165) is 0 Å². The van der Waals surface area contributed by atoms with E-state index in [0.29, 0.717) is 24.6 Å². The van der Waals surface area contributed by atoms with Crippen LogP contribution in [0.15, 0.2) is 12.4 Å². The molecule has 0 aliphatic carbocycles. The van der Waals surface area contributed by atoms with E-state index in [1.807, 2.05) is 18.7 Å². The zero-order valence-corrected chi connectivity index (χ0v) is 9.97. The summed E-state index contributed by atoms with van der Waals surface area (Å²) in [7, 11) is 0. The molecular formula is C11H16N4O2. The van der Waals surface area contributed by atoms with Crippen LogP contribution in [0.25, 0.3) is 0 Å². The lowest BCUT2D eigenvalue weighted by atomic mass is 9.99. The largest absolute Gasteiger partial charge is 0.392 e. The first kappa shape index (κ1) is 11.8. The molecule has 1 aliphatic heterocycles. The molecule has 6 heteroatoms. The third-order valence-electron chi connectivity index (χ3n) is 2.97. The van der Waals surface area contributed by atoms with Crippen molar-refractivity contribution in [2.75, 3.05) is 18.0 Å². The molecule has 1 aromatic rings. The van der Waals surface area contributed by atoms with Crippen LogP contribution >= 0.6 is 0 Å². The predicted molar refractivity (Wildman–Crippen MR) is 62.4 cm³/mol. The van der Waals surface area contributed by atoms with Crippen molar-refractivity contribution in [2.45, 2.75) is 26.0 Å². The highest BCUT2D eigenvalue weighted by Crippen LogP contribution is 2.22. The Balaban J connectivity index is 2.28. The molecule has 1 fully saturated rings. The van der Waals surface area contributed by atoms with E-state index in [1.165, 1.54) is 0 Å². The van der Waals surface area contributed by atoms with Crippen LogP contribution in [0.1, 0.15) is 19.4 Å². The van der Waals surface area contributed by atoms with Gasteiger partial charge in [-0.1, -0.05) is 0 Å². The quantitative estimate of drug-likeness (QED) is 0.736. The molecule has 6 nitrogen and oxygen atoms in total. The van der Waals surface area contributed by atoms with Crippen LogP contribution in [0.4, 0.5) is 5.95 Å². The van der Waals surface area contributed by atoms with Gasteiger partial charge < -0.3 is 15.3 Å². The molecule has 1 saturated heterocycles. The Morgan fingerprint density at radius 1 is 1.47 bits per heavy atom. The van der Waals surface area contributed by atoms with Crippen molar-refractivity contribution in [3.63, 3.8) is 0 Å². The normalized spacial score (nSPS) is 19.0. The number of hydrogen-bond donors (Lipinski definition) is 2. The van der Waals surface area contributed by atoms with Crippen LogP contribution in [0.2, 0.25) is 0 Å². The third-order valence-corrected chi connectivity index (χ3v) is 2.97. The van der Waals surface area contributed by atoms with Crippen molar-refractivity contribution < 1.29 is 9.90 Å². The second-order valence-corrected chi connectivity index (χ2v) is 4.52. The molecule has 1 aromatic heterocycles. The maximum absolute atomic E-state index is 11.8.